The van der Waals surface area contributed by atoms with Gasteiger partial charge >= 0.3 is 0 Å². The van der Waals surface area contributed by atoms with Crippen LogP contribution in [0.5, 0.6) is 5.75 Å². The van der Waals surface area contributed by atoms with Crippen molar-refractivity contribution in [2.45, 2.75) is 6.61 Å². The topological polar surface area (TPSA) is 43.6 Å². The van der Waals surface area contributed by atoms with E-state index in [2.05, 4.69) is 51.8 Å². The van der Waals surface area contributed by atoms with E-state index in [4.69, 9.17) is 4.74 Å². The van der Waals surface area contributed by atoms with Gasteiger partial charge in [0.25, 0.3) is 5.56 Å². The third kappa shape index (κ3) is 3.65. The molecule has 4 nitrogen and oxygen atoms in total. The third-order valence-electron chi connectivity index (χ3n) is 4.64. The van der Waals surface area contributed by atoms with E-state index in [0.717, 1.165) is 32.9 Å². The molecular formula is C23H15IN2O2S. The first kappa shape index (κ1) is 18.3. The second kappa shape index (κ2) is 7.61. The molecule has 0 bridgehead atoms. The number of hydrogen-bond donors (Lipinski definition) is 0. The molecule has 0 saturated carbocycles. The molecule has 0 aliphatic heterocycles. The van der Waals surface area contributed by atoms with E-state index < -0.39 is 0 Å². The molecule has 0 N–H and O–H groups in total. The van der Waals surface area contributed by atoms with Crippen molar-refractivity contribution < 1.29 is 4.74 Å². The van der Waals surface area contributed by atoms with E-state index >= 15 is 0 Å². The molecule has 29 heavy (non-hydrogen) atoms. The van der Waals surface area contributed by atoms with Crippen molar-refractivity contribution in [2.75, 3.05) is 0 Å². The molecular weight excluding hydrogens is 495 g/mol. The van der Waals surface area contributed by atoms with Crippen molar-refractivity contribution in [3.8, 4) is 5.75 Å². The van der Waals surface area contributed by atoms with E-state index in [-0.39, 0.29) is 5.56 Å². The summed E-state index contributed by atoms with van der Waals surface area (Å²) in [6, 6.07) is 23.7. The standard InChI is InChI=1S/C23H15IN2O2S/c24-17-9-5-16(6-10-17)14-28-18-11-7-15(8-12-18)13-21-22(27)26-20-4-2-1-3-19(20)25-23(26)29-21/h1-13H,14H2. The molecule has 5 aromatic rings. The molecule has 0 saturated heterocycles. The Kier molecular flexibility index (Phi) is 4.81. The molecule has 2 heterocycles. The van der Waals surface area contributed by atoms with E-state index in [1.54, 1.807) is 4.40 Å². The number of thiazole rings is 1. The Morgan fingerprint density at radius 2 is 1.76 bits per heavy atom. The van der Waals surface area contributed by atoms with Gasteiger partial charge in [-0.15, -0.1) is 0 Å². The van der Waals surface area contributed by atoms with Crippen molar-refractivity contribution in [2.24, 2.45) is 0 Å². The highest BCUT2D eigenvalue weighted by Gasteiger charge is 2.10. The zero-order chi connectivity index (χ0) is 19.8. The number of halogens is 1. The first-order chi connectivity index (χ1) is 14.2. The van der Waals surface area contributed by atoms with Crippen LogP contribution in [0.4, 0.5) is 0 Å². The molecule has 3 aromatic carbocycles. The Hall–Kier alpha value is -2.71. The monoisotopic (exact) mass is 510 g/mol. The summed E-state index contributed by atoms with van der Waals surface area (Å²) in [4.78, 5) is 18.1. The minimum absolute atomic E-state index is 0.0299. The van der Waals surface area contributed by atoms with Gasteiger partial charge in [0.1, 0.15) is 12.4 Å². The Balaban J connectivity index is 1.40. The number of nitrogens with zero attached hydrogens (tertiary/aromatic N) is 2. The van der Waals surface area contributed by atoms with Gasteiger partial charge in [0, 0.05) is 3.57 Å². The molecule has 0 fully saturated rings. The number of imidazole rings is 1. The van der Waals surface area contributed by atoms with Gasteiger partial charge in [-0.1, -0.05) is 47.7 Å². The summed E-state index contributed by atoms with van der Waals surface area (Å²) in [5.41, 5.74) is 3.75. The lowest BCUT2D eigenvalue weighted by Gasteiger charge is -2.06. The van der Waals surface area contributed by atoms with Crippen LogP contribution >= 0.6 is 33.9 Å². The normalized spacial score (nSPS) is 12.1. The summed E-state index contributed by atoms with van der Waals surface area (Å²) in [5.74, 6) is 0.801. The summed E-state index contributed by atoms with van der Waals surface area (Å²) >= 11 is 3.70. The van der Waals surface area contributed by atoms with Crippen molar-refractivity contribution in [1.82, 2.24) is 9.38 Å². The number of aromatic nitrogens is 2. The van der Waals surface area contributed by atoms with E-state index in [1.807, 2.05) is 54.6 Å². The highest BCUT2D eigenvalue weighted by atomic mass is 127. The van der Waals surface area contributed by atoms with Crippen molar-refractivity contribution in [3.63, 3.8) is 0 Å². The fourth-order valence-electron chi connectivity index (χ4n) is 3.17. The first-order valence-electron chi connectivity index (χ1n) is 9.06. The summed E-state index contributed by atoms with van der Waals surface area (Å²) in [6.07, 6.45) is 1.90. The van der Waals surface area contributed by atoms with Crippen molar-refractivity contribution in [3.05, 3.63) is 102 Å². The van der Waals surface area contributed by atoms with Gasteiger partial charge in [0.15, 0.2) is 4.96 Å². The SMILES string of the molecule is O=c1c(=Cc2ccc(OCc3ccc(I)cc3)cc2)sc2nc3ccccc3n12. The lowest BCUT2D eigenvalue weighted by atomic mass is 10.2. The highest BCUT2D eigenvalue weighted by molar-refractivity contribution is 14.1. The molecule has 5 rings (SSSR count). The number of rotatable bonds is 4. The Labute approximate surface area is 184 Å². The second-order valence-corrected chi connectivity index (χ2v) is 8.87. The zero-order valence-corrected chi connectivity index (χ0v) is 18.2. The summed E-state index contributed by atoms with van der Waals surface area (Å²) in [5, 5.41) is 0. The molecule has 2 aromatic heterocycles. The number of ether oxygens (including phenoxy) is 1. The largest absolute Gasteiger partial charge is 0.489 e. The number of para-hydroxylation sites is 2. The Morgan fingerprint density at radius 1 is 1.00 bits per heavy atom. The summed E-state index contributed by atoms with van der Waals surface area (Å²) in [6.45, 7) is 0.528. The van der Waals surface area contributed by atoms with Gasteiger partial charge in [0.2, 0.25) is 0 Å². The van der Waals surface area contributed by atoms with E-state index in [9.17, 15) is 4.79 Å². The van der Waals surface area contributed by atoms with Crippen molar-refractivity contribution >= 4 is 56.0 Å². The Bertz CT molecular complexity index is 1420. The average molecular weight is 510 g/mol. The lowest BCUT2D eigenvalue weighted by Crippen LogP contribution is -2.22. The summed E-state index contributed by atoms with van der Waals surface area (Å²) in [7, 11) is 0. The van der Waals surface area contributed by atoms with Gasteiger partial charge in [-0.25, -0.2) is 9.38 Å². The fourth-order valence-corrected chi connectivity index (χ4v) is 4.52. The molecule has 0 radical (unpaired) electrons. The van der Waals surface area contributed by atoms with Crippen LogP contribution in [-0.2, 0) is 6.61 Å². The molecule has 142 valence electrons. The minimum Gasteiger partial charge on any atom is -0.489 e. The maximum Gasteiger partial charge on any atom is 0.274 e. The van der Waals surface area contributed by atoms with Crippen molar-refractivity contribution in [1.29, 1.82) is 0 Å². The van der Waals surface area contributed by atoms with Crippen LogP contribution in [0.2, 0.25) is 0 Å². The maximum absolute atomic E-state index is 12.8. The van der Waals surface area contributed by atoms with Gasteiger partial charge in [-0.05, 0) is 76.2 Å². The van der Waals surface area contributed by atoms with Gasteiger partial charge in [-0.2, -0.15) is 0 Å². The van der Waals surface area contributed by atoms with Crippen LogP contribution in [0.25, 0.3) is 22.1 Å². The quantitative estimate of drug-likeness (QED) is 0.331. The van der Waals surface area contributed by atoms with Crippen LogP contribution in [0.3, 0.4) is 0 Å². The van der Waals surface area contributed by atoms with Crippen LogP contribution in [0.15, 0.2) is 77.6 Å². The second-order valence-electron chi connectivity index (χ2n) is 6.62. The zero-order valence-electron chi connectivity index (χ0n) is 15.2. The Morgan fingerprint density at radius 3 is 2.55 bits per heavy atom. The van der Waals surface area contributed by atoms with E-state index in [0.29, 0.717) is 11.1 Å². The van der Waals surface area contributed by atoms with Crippen LogP contribution in [0.1, 0.15) is 11.1 Å². The smallest absolute Gasteiger partial charge is 0.274 e. The first-order valence-corrected chi connectivity index (χ1v) is 11.0. The van der Waals surface area contributed by atoms with Crippen LogP contribution in [-0.4, -0.2) is 9.38 Å². The predicted octanol–water partition coefficient (Wildman–Crippen LogP) is 4.64. The highest BCUT2D eigenvalue weighted by Crippen LogP contribution is 2.17. The predicted molar refractivity (Wildman–Crippen MR) is 126 cm³/mol. The fraction of sp³-hybridized carbons (Fsp3) is 0.0435. The van der Waals surface area contributed by atoms with Crippen LogP contribution < -0.4 is 14.8 Å². The third-order valence-corrected chi connectivity index (χ3v) is 6.33. The minimum atomic E-state index is -0.0299. The maximum atomic E-state index is 12.8. The number of hydrogen-bond acceptors (Lipinski definition) is 4. The van der Waals surface area contributed by atoms with E-state index in [1.165, 1.54) is 14.9 Å². The molecule has 0 unspecified atom stereocenters. The van der Waals surface area contributed by atoms with Gasteiger partial charge in [0.05, 0.1) is 15.6 Å². The average Bonchev–Trinajstić information content (AvgIpc) is 3.25. The summed E-state index contributed by atoms with van der Waals surface area (Å²) < 4.78 is 9.42. The molecule has 6 heteroatoms. The van der Waals surface area contributed by atoms with Gasteiger partial charge < -0.3 is 4.74 Å². The number of benzene rings is 3. The van der Waals surface area contributed by atoms with Gasteiger partial charge in [-0.3, -0.25) is 4.79 Å². The number of fused-ring (bicyclic) bond motifs is 3. The molecule has 0 aliphatic rings. The van der Waals surface area contributed by atoms with Crippen LogP contribution in [0, 0.1) is 3.57 Å². The lowest BCUT2D eigenvalue weighted by molar-refractivity contribution is 0.306. The molecule has 0 amide bonds. The molecule has 0 aliphatic carbocycles. The molecule has 0 atom stereocenters. The molecule has 0 spiro atoms.